The van der Waals surface area contributed by atoms with Crippen molar-refractivity contribution in [3.63, 3.8) is 0 Å². The van der Waals surface area contributed by atoms with E-state index in [4.69, 9.17) is 5.11 Å². The number of hydrogen-bond acceptors (Lipinski definition) is 1. The molecule has 0 atom stereocenters. The molecule has 0 bridgehead atoms. The summed E-state index contributed by atoms with van der Waals surface area (Å²) in [5, 5.41) is 8.56. The van der Waals surface area contributed by atoms with Crippen LogP contribution in [0.3, 0.4) is 0 Å². The van der Waals surface area contributed by atoms with Crippen molar-refractivity contribution in [3.8, 4) is 0 Å². The fourth-order valence-electron chi connectivity index (χ4n) is 0.654. The monoisotopic (exact) mass is 202 g/mol. The summed E-state index contributed by atoms with van der Waals surface area (Å²) in [7, 11) is 0. The maximum absolute atomic E-state index is 10.4. The molecule has 0 fully saturated rings. The third-order valence-electron chi connectivity index (χ3n) is 1.13. The number of carboxylic acid groups (broad SMARTS) is 1. The predicted octanol–water partition coefficient (Wildman–Crippen LogP) is -0.0891. The Morgan fingerprint density at radius 3 is 2.40 bits per heavy atom. The molecule has 0 amide bonds. The summed E-state index contributed by atoms with van der Waals surface area (Å²) in [5.41, 5.74) is 0.350. The van der Waals surface area contributed by atoms with Gasteiger partial charge < -0.3 is 0 Å². The van der Waals surface area contributed by atoms with Crippen LogP contribution in [0.5, 0.6) is 0 Å². The van der Waals surface area contributed by atoms with E-state index in [-0.39, 0.29) is 0 Å². The van der Waals surface area contributed by atoms with Gasteiger partial charge in [0.1, 0.15) is 0 Å². The summed E-state index contributed by atoms with van der Waals surface area (Å²) in [6.07, 6.45) is 0. The molecular formula is C7H6O2Se. The van der Waals surface area contributed by atoms with Crippen LogP contribution in [0.1, 0.15) is 10.4 Å². The van der Waals surface area contributed by atoms with Crippen molar-refractivity contribution in [1.29, 1.82) is 0 Å². The SMILES string of the molecule is O=C(O)c1ccccc1[SeH]. The number of hydrogen-bond donors (Lipinski definition) is 1. The number of rotatable bonds is 1. The normalized spacial score (nSPS) is 9.30. The van der Waals surface area contributed by atoms with E-state index in [1.54, 1.807) is 24.3 Å². The van der Waals surface area contributed by atoms with E-state index >= 15 is 0 Å². The van der Waals surface area contributed by atoms with Gasteiger partial charge >= 0.3 is 66.2 Å². The standard InChI is InChI=1S/C7H6O2Se/c8-7(9)5-3-1-2-4-6(5)10/h1-4,10H,(H,8,9). The Hall–Kier alpha value is -0.791. The molecule has 1 N–H and O–H groups in total. The van der Waals surface area contributed by atoms with Crippen LogP contribution in [0.15, 0.2) is 24.3 Å². The summed E-state index contributed by atoms with van der Waals surface area (Å²) >= 11 is 2.23. The summed E-state index contributed by atoms with van der Waals surface area (Å²) in [4.78, 5) is 10.4. The van der Waals surface area contributed by atoms with Crippen molar-refractivity contribution in [2.24, 2.45) is 0 Å². The fourth-order valence-corrected chi connectivity index (χ4v) is 1.19. The second-order valence-electron chi connectivity index (χ2n) is 1.82. The van der Waals surface area contributed by atoms with Crippen molar-refractivity contribution in [3.05, 3.63) is 29.8 Å². The Kier molecular flexibility index (Phi) is 2.09. The first-order valence-corrected chi connectivity index (χ1v) is 3.67. The van der Waals surface area contributed by atoms with Gasteiger partial charge in [0.05, 0.1) is 0 Å². The quantitative estimate of drug-likeness (QED) is 0.645. The van der Waals surface area contributed by atoms with E-state index in [1.807, 2.05) is 0 Å². The molecule has 0 aliphatic heterocycles. The van der Waals surface area contributed by atoms with Gasteiger partial charge in [0.2, 0.25) is 0 Å². The fraction of sp³-hybridized carbons (Fsp3) is 0. The van der Waals surface area contributed by atoms with Crippen molar-refractivity contribution in [2.45, 2.75) is 0 Å². The molecule has 0 unspecified atom stereocenters. The first-order chi connectivity index (χ1) is 4.72. The summed E-state index contributed by atoms with van der Waals surface area (Å²) in [6, 6.07) is 6.85. The van der Waals surface area contributed by atoms with E-state index in [9.17, 15) is 4.79 Å². The summed E-state index contributed by atoms with van der Waals surface area (Å²) < 4.78 is 0.738. The third-order valence-corrected chi connectivity index (χ3v) is 1.95. The molecule has 0 aromatic heterocycles. The van der Waals surface area contributed by atoms with Gasteiger partial charge in [-0.25, -0.2) is 0 Å². The summed E-state index contributed by atoms with van der Waals surface area (Å²) in [6.45, 7) is 0. The van der Waals surface area contributed by atoms with E-state index in [0.29, 0.717) is 5.56 Å². The molecule has 10 heavy (non-hydrogen) atoms. The molecule has 0 saturated heterocycles. The zero-order chi connectivity index (χ0) is 7.56. The zero-order valence-corrected chi connectivity index (χ0v) is 6.99. The molecule has 1 aromatic carbocycles. The number of aromatic carboxylic acids is 1. The van der Waals surface area contributed by atoms with E-state index in [1.165, 1.54) is 0 Å². The molecule has 0 radical (unpaired) electrons. The van der Waals surface area contributed by atoms with Gasteiger partial charge in [-0.15, -0.1) is 0 Å². The number of carbonyl (C=O) groups is 1. The van der Waals surface area contributed by atoms with Crippen molar-refractivity contribution in [2.75, 3.05) is 0 Å². The second kappa shape index (κ2) is 2.86. The first kappa shape index (κ1) is 7.32. The van der Waals surface area contributed by atoms with Gasteiger partial charge in [0.25, 0.3) is 0 Å². The molecule has 3 heteroatoms. The molecule has 1 rings (SSSR count). The van der Waals surface area contributed by atoms with Gasteiger partial charge in [0.15, 0.2) is 0 Å². The minimum absolute atomic E-state index is 0.350. The minimum atomic E-state index is -0.878. The van der Waals surface area contributed by atoms with Crippen LogP contribution in [0, 0.1) is 0 Å². The zero-order valence-electron chi connectivity index (χ0n) is 5.11. The average molecular weight is 201 g/mol. The maximum atomic E-state index is 10.4. The Morgan fingerprint density at radius 1 is 1.40 bits per heavy atom. The third kappa shape index (κ3) is 1.38. The van der Waals surface area contributed by atoms with Crippen LogP contribution >= 0.6 is 0 Å². The molecule has 0 aliphatic rings. The van der Waals surface area contributed by atoms with Gasteiger partial charge in [-0.2, -0.15) is 0 Å². The first-order valence-electron chi connectivity index (χ1n) is 2.73. The van der Waals surface area contributed by atoms with E-state index < -0.39 is 5.97 Å². The van der Waals surface area contributed by atoms with Crippen molar-refractivity contribution in [1.82, 2.24) is 0 Å². The van der Waals surface area contributed by atoms with Crippen molar-refractivity contribution < 1.29 is 9.90 Å². The van der Waals surface area contributed by atoms with Crippen LogP contribution in [0.25, 0.3) is 0 Å². The van der Waals surface area contributed by atoms with E-state index in [2.05, 4.69) is 16.0 Å². The van der Waals surface area contributed by atoms with E-state index in [0.717, 1.165) is 4.46 Å². The molecule has 2 nitrogen and oxygen atoms in total. The topological polar surface area (TPSA) is 37.3 Å². The van der Waals surface area contributed by atoms with Crippen molar-refractivity contribution >= 4 is 26.4 Å². The Labute approximate surface area is 66.7 Å². The van der Waals surface area contributed by atoms with Crippen LogP contribution < -0.4 is 4.46 Å². The van der Waals surface area contributed by atoms with Crippen LogP contribution in [0.2, 0.25) is 0 Å². The average Bonchev–Trinajstić information content (AvgIpc) is 1.88. The number of benzene rings is 1. The van der Waals surface area contributed by atoms with Gasteiger partial charge in [-0.1, -0.05) is 0 Å². The molecule has 0 heterocycles. The van der Waals surface area contributed by atoms with Gasteiger partial charge in [0, 0.05) is 0 Å². The summed E-state index contributed by atoms with van der Waals surface area (Å²) in [5.74, 6) is -0.878. The van der Waals surface area contributed by atoms with Gasteiger partial charge in [-0.3, -0.25) is 0 Å². The number of carboxylic acids is 1. The predicted molar refractivity (Wildman–Crippen MR) is 40.2 cm³/mol. The second-order valence-corrected chi connectivity index (χ2v) is 2.83. The van der Waals surface area contributed by atoms with Gasteiger partial charge in [-0.05, 0) is 0 Å². The van der Waals surface area contributed by atoms with Crippen LogP contribution in [0.4, 0.5) is 0 Å². The molecular weight excluding hydrogens is 195 g/mol. The molecule has 0 saturated carbocycles. The van der Waals surface area contributed by atoms with Crippen LogP contribution in [-0.2, 0) is 0 Å². The molecule has 0 spiro atoms. The molecule has 1 aromatic rings. The Bertz CT molecular complexity index is 258. The Balaban J connectivity index is 3.15. The molecule has 0 aliphatic carbocycles. The van der Waals surface area contributed by atoms with Crippen LogP contribution in [-0.4, -0.2) is 27.1 Å². The molecule has 52 valence electrons. The Morgan fingerprint density at radius 2 is 2.00 bits per heavy atom.